The van der Waals surface area contributed by atoms with Crippen molar-refractivity contribution in [3.63, 3.8) is 0 Å². The second-order valence-electron chi connectivity index (χ2n) is 5.69. The molecule has 0 saturated carbocycles. The highest BCUT2D eigenvalue weighted by molar-refractivity contribution is 7.92. The van der Waals surface area contributed by atoms with Crippen LogP contribution in [0.15, 0.2) is 42.5 Å². The molecule has 0 aromatic heterocycles. The molecule has 0 atom stereocenters. The highest BCUT2D eigenvalue weighted by atomic mass is 35.5. The maximum atomic E-state index is 12.2. The number of nitrogens with one attached hydrogen (secondary N) is 1. The SMILES string of the molecule is COc1ccccc1OCCNC(=O)CN(c1cccc(Cl)c1Cl)S(C)(=O)=O. The van der Waals surface area contributed by atoms with Crippen LogP contribution in [0.4, 0.5) is 5.69 Å². The molecule has 2 aromatic rings. The van der Waals surface area contributed by atoms with Crippen molar-refractivity contribution in [2.24, 2.45) is 0 Å². The van der Waals surface area contributed by atoms with Gasteiger partial charge in [-0.3, -0.25) is 9.10 Å². The van der Waals surface area contributed by atoms with Crippen LogP contribution in [0, 0.1) is 0 Å². The first-order valence-corrected chi connectivity index (χ1v) is 10.8. The van der Waals surface area contributed by atoms with Crippen molar-refractivity contribution in [1.82, 2.24) is 5.32 Å². The molecular weight excluding hydrogens is 427 g/mol. The molecule has 2 rings (SSSR count). The van der Waals surface area contributed by atoms with Gasteiger partial charge in [-0.25, -0.2) is 8.42 Å². The highest BCUT2D eigenvalue weighted by Crippen LogP contribution is 2.33. The number of hydrogen-bond acceptors (Lipinski definition) is 5. The first-order valence-electron chi connectivity index (χ1n) is 8.18. The van der Waals surface area contributed by atoms with Gasteiger partial charge in [-0.1, -0.05) is 41.4 Å². The van der Waals surface area contributed by atoms with Gasteiger partial charge in [0.1, 0.15) is 13.2 Å². The molecule has 7 nitrogen and oxygen atoms in total. The van der Waals surface area contributed by atoms with Gasteiger partial charge in [-0.2, -0.15) is 0 Å². The minimum Gasteiger partial charge on any atom is -0.493 e. The first-order chi connectivity index (χ1) is 13.2. The Kier molecular flexibility index (Phi) is 7.79. The monoisotopic (exact) mass is 446 g/mol. The number of benzene rings is 2. The molecule has 0 aliphatic rings. The van der Waals surface area contributed by atoms with Gasteiger partial charge >= 0.3 is 0 Å². The van der Waals surface area contributed by atoms with Gasteiger partial charge in [0.15, 0.2) is 11.5 Å². The van der Waals surface area contributed by atoms with Gasteiger partial charge in [0.25, 0.3) is 0 Å². The Balaban J connectivity index is 1.96. The summed E-state index contributed by atoms with van der Waals surface area (Å²) < 4.78 is 35.9. The van der Waals surface area contributed by atoms with Crippen LogP contribution in [-0.2, 0) is 14.8 Å². The molecule has 0 unspecified atom stereocenters. The number of nitrogens with zero attached hydrogens (tertiary/aromatic N) is 1. The number of halogens is 2. The molecule has 0 aliphatic carbocycles. The van der Waals surface area contributed by atoms with E-state index in [2.05, 4.69) is 5.32 Å². The Morgan fingerprint density at radius 2 is 1.79 bits per heavy atom. The Morgan fingerprint density at radius 1 is 1.11 bits per heavy atom. The van der Waals surface area contributed by atoms with Crippen molar-refractivity contribution in [2.75, 3.05) is 37.4 Å². The number of para-hydroxylation sites is 2. The molecule has 0 radical (unpaired) electrons. The number of carbonyl (C=O) groups is 1. The van der Waals surface area contributed by atoms with Crippen LogP contribution in [0.5, 0.6) is 11.5 Å². The lowest BCUT2D eigenvalue weighted by Crippen LogP contribution is -2.41. The zero-order chi connectivity index (χ0) is 20.7. The summed E-state index contributed by atoms with van der Waals surface area (Å²) in [5.41, 5.74) is 0.136. The molecular formula is C18H20Cl2N2O5S. The summed E-state index contributed by atoms with van der Waals surface area (Å²) in [6.45, 7) is -0.0752. The summed E-state index contributed by atoms with van der Waals surface area (Å²) in [5.74, 6) is 0.612. The van der Waals surface area contributed by atoms with E-state index in [0.717, 1.165) is 10.6 Å². The van der Waals surface area contributed by atoms with Crippen molar-refractivity contribution < 1.29 is 22.7 Å². The number of rotatable bonds is 9. The maximum absolute atomic E-state index is 12.2. The summed E-state index contributed by atoms with van der Waals surface area (Å²) in [7, 11) is -2.22. The van der Waals surface area contributed by atoms with Gasteiger partial charge in [-0.05, 0) is 24.3 Å². The molecule has 0 saturated heterocycles. The number of amides is 1. The summed E-state index contributed by atoms with van der Waals surface area (Å²) in [4.78, 5) is 12.2. The van der Waals surface area contributed by atoms with E-state index < -0.39 is 22.5 Å². The van der Waals surface area contributed by atoms with Crippen LogP contribution in [-0.4, -0.2) is 47.4 Å². The van der Waals surface area contributed by atoms with Crippen LogP contribution in [0.2, 0.25) is 10.0 Å². The number of anilines is 1. The number of ether oxygens (including phenoxy) is 2. The van der Waals surface area contributed by atoms with Crippen LogP contribution in [0.25, 0.3) is 0 Å². The van der Waals surface area contributed by atoms with Gasteiger partial charge in [0.05, 0.1) is 35.6 Å². The van der Waals surface area contributed by atoms with E-state index in [-0.39, 0.29) is 28.9 Å². The minimum atomic E-state index is -3.75. The molecule has 0 spiro atoms. The molecule has 0 bridgehead atoms. The topological polar surface area (TPSA) is 84.9 Å². The fraction of sp³-hybridized carbons (Fsp3) is 0.278. The van der Waals surface area contributed by atoms with Crippen molar-refractivity contribution >= 4 is 44.8 Å². The number of hydrogen-bond donors (Lipinski definition) is 1. The summed E-state index contributed by atoms with van der Waals surface area (Å²) >= 11 is 12.0. The van der Waals surface area contributed by atoms with Gasteiger partial charge in [0.2, 0.25) is 15.9 Å². The fourth-order valence-electron chi connectivity index (χ4n) is 2.34. The summed E-state index contributed by atoms with van der Waals surface area (Å²) in [5, 5.41) is 2.86. The van der Waals surface area contributed by atoms with Crippen molar-refractivity contribution in [2.45, 2.75) is 0 Å². The highest BCUT2D eigenvalue weighted by Gasteiger charge is 2.23. The molecule has 28 heavy (non-hydrogen) atoms. The van der Waals surface area contributed by atoms with Crippen LogP contribution in [0.3, 0.4) is 0 Å². The Labute approximate surface area is 174 Å². The predicted molar refractivity (Wildman–Crippen MR) is 110 cm³/mol. The zero-order valence-corrected chi connectivity index (χ0v) is 17.6. The van der Waals surface area contributed by atoms with E-state index in [9.17, 15) is 13.2 Å². The minimum absolute atomic E-state index is 0.0573. The zero-order valence-electron chi connectivity index (χ0n) is 15.3. The first kappa shape index (κ1) is 22.1. The third-order valence-electron chi connectivity index (χ3n) is 3.64. The molecule has 1 amide bonds. The van der Waals surface area contributed by atoms with E-state index in [0.29, 0.717) is 11.5 Å². The average Bonchev–Trinajstić information content (AvgIpc) is 2.65. The molecule has 1 N–H and O–H groups in total. The van der Waals surface area contributed by atoms with Gasteiger partial charge in [0, 0.05) is 0 Å². The normalized spacial score (nSPS) is 11.0. The molecule has 0 fully saturated rings. The van der Waals surface area contributed by atoms with Crippen molar-refractivity contribution in [1.29, 1.82) is 0 Å². The summed E-state index contributed by atoms with van der Waals surface area (Å²) in [6, 6.07) is 11.7. The number of methoxy groups -OCH3 is 1. The fourth-order valence-corrected chi connectivity index (χ4v) is 3.65. The standard InChI is InChI=1S/C18H20Cl2N2O5S/c1-26-15-8-3-4-9-16(15)27-11-10-21-17(23)12-22(28(2,24)25)14-7-5-6-13(19)18(14)20/h3-9H,10-12H2,1-2H3,(H,21,23). The van der Waals surface area contributed by atoms with E-state index in [1.807, 2.05) is 6.07 Å². The number of sulfonamides is 1. The predicted octanol–water partition coefficient (Wildman–Crippen LogP) is 2.96. The smallest absolute Gasteiger partial charge is 0.240 e. The largest absolute Gasteiger partial charge is 0.493 e. The van der Waals surface area contributed by atoms with Crippen LogP contribution in [0.1, 0.15) is 0 Å². The van der Waals surface area contributed by atoms with Gasteiger partial charge in [-0.15, -0.1) is 0 Å². The van der Waals surface area contributed by atoms with E-state index in [1.54, 1.807) is 24.3 Å². The lowest BCUT2D eigenvalue weighted by Gasteiger charge is -2.23. The average molecular weight is 447 g/mol. The quantitative estimate of drug-likeness (QED) is 0.598. The molecule has 0 heterocycles. The second kappa shape index (κ2) is 9.86. The van der Waals surface area contributed by atoms with Crippen molar-refractivity contribution in [3.8, 4) is 11.5 Å². The van der Waals surface area contributed by atoms with E-state index in [4.69, 9.17) is 32.7 Å². The molecule has 10 heteroatoms. The summed E-state index contributed by atoms with van der Waals surface area (Å²) in [6.07, 6.45) is 0.988. The number of carbonyl (C=O) groups excluding carboxylic acids is 1. The van der Waals surface area contributed by atoms with Crippen LogP contribution < -0.4 is 19.1 Å². The Hall–Kier alpha value is -2.16. The molecule has 152 valence electrons. The molecule has 2 aromatic carbocycles. The molecule has 0 aliphatic heterocycles. The Morgan fingerprint density at radius 3 is 2.43 bits per heavy atom. The van der Waals surface area contributed by atoms with Crippen molar-refractivity contribution in [3.05, 3.63) is 52.5 Å². The second-order valence-corrected chi connectivity index (χ2v) is 8.38. The van der Waals surface area contributed by atoms with Crippen LogP contribution >= 0.6 is 23.2 Å². The lowest BCUT2D eigenvalue weighted by molar-refractivity contribution is -0.119. The third-order valence-corrected chi connectivity index (χ3v) is 5.57. The third kappa shape index (κ3) is 5.92. The van der Waals surface area contributed by atoms with Gasteiger partial charge < -0.3 is 14.8 Å². The maximum Gasteiger partial charge on any atom is 0.240 e. The van der Waals surface area contributed by atoms with E-state index in [1.165, 1.54) is 19.2 Å². The Bertz CT molecular complexity index is 937. The lowest BCUT2D eigenvalue weighted by atomic mass is 10.3. The van der Waals surface area contributed by atoms with E-state index >= 15 is 0 Å².